The number of carbonyl (C=O) groups is 1. The number of aliphatic hydroxyl groups is 3. The number of phenols is 1. The van der Waals surface area contributed by atoms with Crippen molar-refractivity contribution < 1.29 is 39.8 Å². The third kappa shape index (κ3) is 3.35. The number of carboxylic acid groups (broad SMARTS) is 1. The summed E-state index contributed by atoms with van der Waals surface area (Å²) in [5.74, 6) is 0.312. The number of aliphatic carboxylic acids is 1. The van der Waals surface area contributed by atoms with Gasteiger partial charge in [-0.2, -0.15) is 0 Å². The number of rotatable bonds is 3. The van der Waals surface area contributed by atoms with Crippen LogP contribution in [0.15, 0.2) is 18.2 Å². The van der Waals surface area contributed by atoms with Crippen molar-refractivity contribution in [3.63, 3.8) is 0 Å². The minimum atomic E-state index is -1.72. The molecule has 3 fully saturated rings. The molecule has 3 aliphatic carbocycles. The average molecular weight is 449 g/mol. The lowest BCUT2D eigenvalue weighted by atomic mass is 9.55. The second-order valence-electron chi connectivity index (χ2n) is 10.3. The van der Waals surface area contributed by atoms with Crippen LogP contribution in [-0.2, 0) is 20.7 Å². The zero-order chi connectivity index (χ0) is 22.8. The minimum Gasteiger partial charge on any atom is -0.508 e. The van der Waals surface area contributed by atoms with Crippen molar-refractivity contribution in [1.82, 2.24) is 0 Å². The second-order valence-corrected chi connectivity index (χ2v) is 10.3. The van der Waals surface area contributed by atoms with Crippen molar-refractivity contribution in [2.75, 3.05) is 0 Å². The summed E-state index contributed by atoms with van der Waals surface area (Å²) in [4.78, 5) is 11.4. The standard InChI is InChI=1S/C24H32O8/c1-24-9-8-14-13-5-3-12(25)10-11(13)2-4-15(14)16(24)6-7-17(24)31-23-20(28)18(26)19(27)21(32-23)22(29)30/h3,5,10,14-21,23,25-28H,2,4,6-9H2,1H3,(H,29,30)/t14-,15+,16-,17+,18+,19+,20-,21+,23-,24+/m1/s1. The Labute approximate surface area is 186 Å². The lowest BCUT2D eigenvalue weighted by Crippen LogP contribution is -2.61. The molecular weight excluding hydrogens is 416 g/mol. The molecule has 0 spiro atoms. The molecule has 0 radical (unpaired) electrons. The lowest BCUT2D eigenvalue weighted by molar-refractivity contribution is -0.312. The van der Waals surface area contributed by atoms with Gasteiger partial charge in [0, 0.05) is 0 Å². The third-order valence-electron chi connectivity index (χ3n) is 8.73. The fraction of sp³-hybridized carbons (Fsp3) is 0.708. The molecule has 32 heavy (non-hydrogen) atoms. The Morgan fingerprint density at radius 2 is 1.88 bits per heavy atom. The highest BCUT2D eigenvalue weighted by molar-refractivity contribution is 5.73. The van der Waals surface area contributed by atoms with Crippen molar-refractivity contribution in [2.24, 2.45) is 17.3 Å². The van der Waals surface area contributed by atoms with Crippen LogP contribution >= 0.6 is 0 Å². The predicted molar refractivity (Wildman–Crippen MR) is 112 cm³/mol. The zero-order valence-corrected chi connectivity index (χ0v) is 18.1. The summed E-state index contributed by atoms with van der Waals surface area (Å²) in [6.07, 6.45) is -2.38. The summed E-state index contributed by atoms with van der Waals surface area (Å²) in [6.45, 7) is 2.22. The van der Waals surface area contributed by atoms with Gasteiger partial charge >= 0.3 is 5.97 Å². The first kappa shape index (κ1) is 22.1. The largest absolute Gasteiger partial charge is 0.508 e. The molecule has 0 amide bonds. The first-order chi connectivity index (χ1) is 15.2. The number of aliphatic hydroxyl groups excluding tert-OH is 3. The Kier molecular flexibility index (Phi) is 5.49. The summed E-state index contributed by atoms with van der Waals surface area (Å²) >= 11 is 0. The molecule has 0 bridgehead atoms. The highest BCUT2D eigenvalue weighted by Gasteiger charge is 2.57. The summed E-state index contributed by atoms with van der Waals surface area (Å²) in [7, 11) is 0. The van der Waals surface area contributed by atoms with E-state index in [2.05, 4.69) is 13.0 Å². The third-order valence-corrected chi connectivity index (χ3v) is 8.73. The van der Waals surface area contributed by atoms with Crippen molar-refractivity contribution in [1.29, 1.82) is 0 Å². The van der Waals surface area contributed by atoms with Crippen LogP contribution in [0.25, 0.3) is 0 Å². The van der Waals surface area contributed by atoms with Crippen LogP contribution in [0.5, 0.6) is 5.75 Å². The summed E-state index contributed by atoms with van der Waals surface area (Å²) in [5.41, 5.74) is 2.45. The van der Waals surface area contributed by atoms with E-state index >= 15 is 0 Å². The molecule has 0 unspecified atom stereocenters. The second kappa shape index (κ2) is 7.95. The highest BCUT2D eigenvalue weighted by Crippen LogP contribution is 2.61. The smallest absolute Gasteiger partial charge is 0.335 e. The van der Waals surface area contributed by atoms with Gasteiger partial charge in [-0.05, 0) is 85.0 Å². The lowest BCUT2D eigenvalue weighted by Gasteiger charge is -2.51. The first-order valence-corrected chi connectivity index (χ1v) is 11.6. The van der Waals surface area contributed by atoms with Gasteiger partial charge in [0.2, 0.25) is 0 Å². The van der Waals surface area contributed by atoms with Crippen molar-refractivity contribution >= 4 is 5.97 Å². The quantitative estimate of drug-likeness (QED) is 0.470. The van der Waals surface area contributed by atoms with E-state index in [-0.39, 0.29) is 11.5 Å². The fourth-order valence-electron chi connectivity index (χ4n) is 7.07. The molecule has 8 nitrogen and oxygen atoms in total. The van der Waals surface area contributed by atoms with E-state index in [4.69, 9.17) is 9.47 Å². The number of benzene rings is 1. The number of hydrogen-bond acceptors (Lipinski definition) is 7. The van der Waals surface area contributed by atoms with Gasteiger partial charge in [0.05, 0.1) is 6.10 Å². The maximum atomic E-state index is 11.4. The molecule has 5 rings (SSSR count). The van der Waals surface area contributed by atoms with Crippen LogP contribution in [0.1, 0.15) is 56.1 Å². The average Bonchev–Trinajstić information content (AvgIpc) is 3.09. The van der Waals surface area contributed by atoms with Crippen molar-refractivity contribution in [3.05, 3.63) is 29.3 Å². The highest BCUT2D eigenvalue weighted by atomic mass is 16.7. The van der Waals surface area contributed by atoms with E-state index in [1.165, 1.54) is 11.1 Å². The van der Waals surface area contributed by atoms with E-state index in [1.807, 2.05) is 6.07 Å². The Morgan fingerprint density at radius 1 is 1.09 bits per heavy atom. The van der Waals surface area contributed by atoms with Crippen LogP contribution < -0.4 is 0 Å². The molecule has 176 valence electrons. The van der Waals surface area contributed by atoms with E-state index in [0.717, 1.165) is 38.5 Å². The van der Waals surface area contributed by atoms with E-state index in [0.29, 0.717) is 23.5 Å². The monoisotopic (exact) mass is 448 g/mol. The van der Waals surface area contributed by atoms with Gasteiger partial charge in [-0.25, -0.2) is 4.79 Å². The molecule has 1 saturated heterocycles. The summed E-state index contributed by atoms with van der Waals surface area (Å²) in [5, 5.41) is 49.6. The molecule has 1 heterocycles. The molecule has 8 heteroatoms. The molecule has 10 atom stereocenters. The van der Waals surface area contributed by atoms with Gasteiger partial charge < -0.3 is 35.0 Å². The van der Waals surface area contributed by atoms with Gasteiger partial charge in [0.1, 0.15) is 24.1 Å². The van der Waals surface area contributed by atoms with Crippen LogP contribution in [0, 0.1) is 17.3 Å². The molecule has 0 aromatic heterocycles. The molecule has 1 aromatic carbocycles. The number of phenolic OH excluding ortho intramolecular Hbond substituents is 1. The Bertz CT molecular complexity index is 889. The maximum Gasteiger partial charge on any atom is 0.335 e. The molecule has 1 aromatic rings. The van der Waals surface area contributed by atoms with Gasteiger partial charge in [-0.15, -0.1) is 0 Å². The zero-order valence-electron chi connectivity index (χ0n) is 18.1. The molecule has 4 aliphatic rings. The van der Waals surface area contributed by atoms with Crippen LogP contribution in [0.4, 0.5) is 0 Å². The molecule has 1 aliphatic heterocycles. The normalized spacial score (nSPS) is 45.6. The number of ether oxygens (including phenoxy) is 2. The fourth-order valence-corrected chi connectivity index (χ4v) is 7.07. The first-order valence-electron chi connectivity index (χ1n) is 11.6. The minimum absolute atomic E-state index is 0.140. The number of carboxylic acids is 1. The molecular formula is C24H32O8. The Morgan fingerprint density at radius 3 is 2.62 bits per heavy atom. The van der Waals surface area contributed by atoms with E-state index < -0.39 is 36.7 Å². The van der Waals surface area contributed by atoms with Crippen molar-refractivity contribution in [3.8, 4) is 5.75 Å². The van der Waals surface area contributed by atoms with Crippen LogP contribution in [0.3, 0.4) is 0 Å². The van der Waals surface area contributed by atoms with Crippen molar-refractivity contribution in [2.45, 2.75) is 88.2 Å². The number of aromatic hydroxyl groups is 1. The number of fused-ring (bicyclic) bond motifs is 5. The SMILES string of the molecule is C[C@]12CC[C@@H]3c4ccc(O)cc4CC[C@@H]3[C@H]1CC[C@@H]2O[C@@H]1O[C@H](C(=O)O)[C@@H](O)[C@H](O)[C@H]1O. The summed E-state index contributed by atoms with van der Waals surface area (Å²) in [6, 6.07) is 5.73. The topological polar surface area (TPSA) is 137 Å². The molecule has 5 N–H and O–H groups in total. The van der Waals surface area contributed by atoms with Crippen LogP contribution in [0.2, 0.25) is 0 Å². The van der Waals surface area contributed by atoms with Gasteiger partial charge in [0.15, 0.2) is 12.4 Å². The van der Waals surface area contributed by atoms with Crippen LogP contribution in [-0.4, -0.2) is 68.3 Å². The predicted octanol–water partition coefficient (Wildman–Crippen LogP) is 1.53. The maximum absolute atomic E-state index is 11.4. The van der Waals surface area contributed by atoms with Gasteiger partial charge in [0.25, 0.3) is 0 Å². The van der Waals surface area contributed by atoms with E-state index in [1.54, 1.807) is 6.07 Å². The number of aryl methyl sites for hydroxylation is 1. The molecule has 2 saturated carbocycles. The van der Waals surface area contributed by atoms with Gasteiger partial charge in [-0.1, -0.05) is 13.0 Å². The Balaban J connectivity index is 1.34. The number of hydrogen-bond donors (Lipinski definition) is 5. The van der Waals surface area contributed by atoms with E-state index in [9.17, 15) is 30.3 Å². The summed E-state index contributed by atoms with van der Waals surface area (Å²) < 4.78 is 11.5. The Hall–Kier alpha value is -1.71. The van der Waals surface area contributed by atoms with Gasteiger partial charge in [-0.3, -0.25) is 0 Å².